The minimum absolute atomic E-state index is 0.398. The van der Waals surface area contributed by atoms with E-state index in [2.05, 4.69) is 49.2 Å². The van der Waals surface area contributed by atoms with Crippen molar-refractivity contribution >= 4 is 23.2 Å². The number of halogens is 2. The summed E-state index contributed by atoms with van der Waals surface area (Å²) < 4.78 is 0. The summed E-state index contributed by atoms with van der Waals surface area (Å²) in [6.07, 6.45) is 1.10. The number of nitrogens with zero attached hydrogens (tertiary/aromatic N) is 1. The molecule has 3 heteroatoms. The smallest absolute Gasteiger partial charge is 0.0595 e. The standard InChI is InChI=1S/C18H19Cl2N/c1-3-21(2)18-11-15(13-6-4-5-7-14(13)18)12-8-9-16(19)17(20)10-12/h4-10,15,18H,3,11H2,1-2H3/t15-,18+/m0/s1. The molecule has 2 atom stereocenters. The predicted octanol–water partition coefficient (Wildman–Crippen LogP) is 5.52. The molecule has 0 amide bonds. The Bertz CT molecular complexity index is 653. The van der Waals surface area contributed by atoms with Gasteiger partial charge in [0.05, 0.1) is 10.0 Å². The van der Waals surface area contributed by atoms with E-state index in [0.717, 1.165) is 13.0 Å². The molecule has 0 unspecified atom stereocenters. The van der Waals surface area contributed by atoms with Crippen molar-refractivity contribution in [1.82, 2.24) is 4.90 Å². The molecule has 2 aromatic rings. The van der Waals surface area contributed by atoms with Gasteiger partial charge < -0.3 is 0 Å². The van der Waals surface area contributed by atoms with Crippen molar-refractivity contribution in [3.63, 3.8) is 0 Å². The van der Waals surface area contributed by atoms with Crippen LogP contribution in [0.15, 0.2) is 42.5 Å². The molecule has 0 aromatic heterocycles. The summed E-state index contributed by atoms with van der Waals surface area (Å²) in [6.45, 7) is 3.25. The summed E-state index contributed by atoms with van der Waals surface area (Å²) in [5, 5.41) is 1.26. The van der Waals surface area contributed by atoms with Gasteiger partial charge in [-0.15, -0.1) is 0 Å². The van der Waals surface area contributed by atoms with E-state index < -0.39 is 0 Å². The molecule has 0 bridgehead atoms. The molecule has 21 heavy (non-hydrogen) atoms. The van der Waals surface area contributed by atoms with Crippen molar-refractivity contribution in [2.45, 2.75) is 25.3 Å². The Balaban J connectivity index is 2.03. The van der Waals surface area contributed by atoms with Crippen molar-refractivity contribution in [1.29, 1.82) is 0 Å². The molecule has 0 radical (unpaired) electrons. The van der Waals surface area contributed by atoms with Crippen LogP contribution in [0.25, 0.3) is 0 Å². The second kappa shape index (κ2) is 6.00. The van der Waals surface area contributed by atoms with Crippen molar-refractivity contribution in [2.24, 2.45) is 0 Å². The Labute approximate surface area is 136 Å². The summed E-state index contributed by atoms with van der Waals surface area (Å²) in [7, 11) is 2.19. The van der Waals surface area contributed by atoms with Crippen LogP contribution in [0.2, 0.25) is 10.0 Å². The molecule has 3 rings (SSSR count). The molecule has 0 fully saturated rings. The van der Waals surface area contributed by atoms with E-state index in [1.54, 1.807) is 0 Å². The zero-order chi connectivity index (χ0) is 15.0. The highest BCUT2D eigenvalue weighted by Crippen LogP contribution is 2.46. The van der Waals surface area contributed by atoms with Gasteiger partial charge in [-0.25, -0.2) is 0 Å². The van der Waals surface area contributed by atoms with E-state index in [1.165, 1.54) is 16.7 Å². The second-order valence-corrected chi connectivity index (χ2v) is 6.49. The Morgan fingerprint density at radius 1 is 1.05 bits per heavy atom. The molecule has 110 valence electrons. The van der Waals surface area contributed by atoms with Gasteiger partial charge in [-0.2, -0.15) is 0 Å². The first kappa shape index (κ1) is 14.9. The molecule has 2 aromatic carbocycles. The van der Waals surface area contributed by atoms with Crippen LogP contribution < -0.4 is 0 Å². The fourth-order valence-electron chi connectivity index (χ4n) is 3.29. The van der Waals surface area contributed by atoms with Crippen LogP contribution in [-0.4, -0.2) is 18.5 Å². The normalized spacial score (nSPS) is 20.8. The number of hydrogen-bond donors (Lipinski definition) is 0. The van der Waals surface area contributed by atoms with Crippen LogP contribution in [0, 0.1) is 0 Å². The fraction of sp³-hybridized carbons (Fsp3) is 0.333. The molecule has 0 aliphatic heterocycles. The molecule has 1 aliphatic carbocycles. The number of benzene rings is 2. The highest BCUT2D eigenvalue weighted by atomic mass is 35.5. The van der Waals surface area contributed by atoms with Gasteiger partial charge in [0.25, 0.3) is 0 Å². The van der Waals surface area contributed by atoms with Crippen LogP contribution in [0.5, 0.6) is 0 Å². The largest absolute Gasteiger partial charge is 0.300 e. The van der Waals surface area contributed by atoms with Gasteiger partial charge in [-0.1, -0.05) is 60.5 Å². The predicted molar refractivity (Wildman–Crippen MR) is 90.4 cm³/mol. The maximum atomic E-state index is 6.20. The van der Waals surface area contributed by atoms with E-state index in [-0.39, 0.29) is 0 Å². The third kappa shape index (κ3) is 2.70. The molecule has 0 N–H and O–H groups in total. The average molecular weight is 320 g/mol. The van der Waals surface area contributed by atoms with Gasteiger partial charge in [0.15, 0.2) is 0 Å². The quantitative estimate of drug-likeness (QED) is 0.719. The molecular formula is C18H19Cl2N. The Morgan fingerprint density at radius 3 is 2.43 bits per heavy atom. The maximum absolute atomic E-state index is 6.20. The Kier molecular flexibility index (Phi) is 4.26. The van der Waals surface area contributed by atoms with Gasteiger partial charge in [0.1, 0.15) is 0 Å². The van der Waals surface area contributed by atoms with Crippen LogP contribution in [0.3, 0.4) is 0 Å². The monoisotopic (exact) mass is 319 g/mol. The Morgan fingerprint density at radius 2 is 1.76 bits per heavy atom. The highest BCUT2D eigenvalue weighted by Gasteiger charge is 2.33. The molecule has 1 aliphatic rings. The summed E-state index contributed by atoms with van der Waals surface area (Å²) >= 11 is 12.3. The first-order valence-electron chi connectivity index (χ1n) is 7.35. The Hall–Kier alpha value is -1.02. The molecule has 0 saturated heterocycles. The van der Waals surface area contributed by atoms with Crippen LogP contribution in [0.1, 0.15) is 42.0 Å². The van der Waals surface area contributed by atoms with Gasteiger partial charge in [-0.05, 0) is 48.8 Å². The van der Waals surface area contributed by atoms with Crippen molar-refractivity contribution in [3.8, 4) is 0 Å². The van der Waals surface area contributed by atoms with Crippen molar-refractivity contribution in [3.05, 3.63) is 69.2 Å². The minimum Gasteiger partial charge on any atom is -0.300 e. The summed E-state index contributed by atoms with van der Waals surface area (Å²) in [5.41, 5.74) is 4.11. The van der Waals surface area contributed by atoms with Crippen molar-refractivity contribution in [2.75, 3.05) is 13.6 Å². The first-order valence-corrected chi connectivity index (χ1v) is 8.11. The van der Waals surface area contributed by atoms with Crippen molar-refractivity contribution < 1.29 is 0 Å². The second-order valence-electron chi connectivity index (χ2n) is 5.68. The molecule has 0 spiro atoms. The molecule has 1 nitrogen and oxygen atoms in total. The number of rotatable bonds is 3. The minimum atomic E-state index is 0.398. The van der Waals surface area contributed by atoms with E-state index in [1.807, 2.05) is 12.1 Å². The zero-order valence-electron chi connectivity index (χ0n) is 12.3. The molecule has 0 heterocycles. The SMILES string of the molecule is CCN(C)[C@@H]1C[C@@H](c2ccc(Cl)c(Cl)c2)c2ccccc21. The van der Waals surface area contributed by atoms with Crippen LogP contribution in [-0.2, 0) is 0 Å². The summed E-state index contributed by atoms with van der Waals surface area (Å²) in [5.74, 6) is 0.398. The maximum Gasteiger partial charge on any atom is 0.0595 e. The highest BCUT2D eigenvalue weighted by molar-refractivity contribution is 6.42. The molecular weight excluding hydrogens is 301 g/mol. The van der Waals surface area contributed by atoms with Gasteiger partial charge in [0.2, 0.25) is 0 Å². The number of hydrogen-bond acceptors (Lipinski definition) is 1. The third-order valence-electron chi connectivity index (χ3n) is 4.57. The third-order valence-corrected chi connectivity index (χ3v) is 5.31. The van der Waals surface area contributed by atoms with Crippen LogP contribution >= 0.6 is 23.2 Å². The lowest BCUT2D eigenvalue weighted by molar-refractivity contribution is 0.253. The lowest BCUT2D eigenvalue weighted by Gasteiger charge is -2.23. The summed E-state index contributed by atoms with van der Waals surface area (Å²) in [6, 6.07) is 15.2. The van der Waals surface area contributed by atoms with E-state index in [0.29, 0.717) is 22.0 Å². The van der Waals surface area contributed by atoms with Gasteiger partial charge in [0, 0.05) is 12.0 Å². The number of fused-ring (bicyclic) bond motifs is 1. The van der Waals surface area contributed by atoms with E-state index >= 15 is 0 Å². The lowest BCUT2D eigenvalue weighted by Crippen LogP contribution is -2.22. The van der Waals surface area contributed by atoms with E-state index in [4.69, 9.17) is 23.2 Å². The first-order chi connectivity index (χ1) is 10.1. The van der Waals surface area contributed by atoms with Gasteiger partial charge in [-0.3, -0.25) is 4.90 Å². The summed E-state index contributed by atoms with van der Waals surface area (Å²) in [4.78, 5) is 2.41. The average Bonchev–Trinajstić information content (AvgIpc) is 2.89. The van der Waals surface area contributed by atoms with E-state index in [9.17, 15) is 0 Å². The fourth-order valence-corrected chi connectivity index (χ4v) is 3.60. The van der Waals surface area contributed by atoms with Gasteiger partial charge >= 0.3 is 0 Å². The zero-order valence-corrected chi connectivity index (χ0v) is 13.8. The topological polar surface area (TPSA) is 3.24 Å². The lowest BCUT2D eigenvalue weighted by atomic mass is 9.93. The molecule has 0 saturated carbocycles. The van der Waals surface area contributed by atoms with Crippen LogP contribution in [0.4, 0.5) is 0 Å².